The van der Waals surface area contributed by atoms with Crippen molar-refractivity contribution >= 4 is 10.8 Å². The van der Waals surface area contributed by atoms with Gasteiger partial charge < -0.3 is 9.84 Å². The van der Waals surface area contributed by atoms with Gasteiger partial charge in [-0.15, -0.1) is 0 Å². The fourth-order valence-corrected chi connectivity index (χ4v) is 3.03. The predicted molar refractivity (Wildman–Crippen MR) is 103 cm³/mol. The molecular weight excluding hydrogens is 310 g/mol. The zero-order chi connectivity index (χ0) is 17.8. The molecule has 0 aliphatic rings. The normalized spacial score (nSPS) is 11.2. The van der Waals surface area contributed by atoms with Crippen molar-refractivity contribution in [1.82, 2.24) is 4.98 Å². The zero-order valence-electron chi connectivity index (χ0n) is 15.1. The van der Waals surface area contributed by atoms with Crippen molar-refractivity contribution in [2.75, 3.05) is 6.61 Å². The molecule has 25 heavy (non-hydrogen) atoms. The Balaban J connectivity index is 2.05. The summed E-state index contributed by atoms with van der Waals surface area (Å²) in [5.74, 6) is 1.22. The second-order valence-electron chi connectivity index (χ2n) is 6.68. The highest BCUT2D eigenvalue weighted by atomic mass is 16.5. The molecule has 0 saturated heterocycles. The standard InChI is InChI=1S/C22H25NO2/c1-4-5-10-25-21-13-18(12-20(24)22(21)15(2)3)19-11-16-8-6-7-9-17(16)14-23-19/h6-9,11-15,24H,4-5,10H2,1-3H3. The van der Waals surface area contributed by atoms with Crippen molar-refractivity contribution in [2.24, 2.45) is 0 Å². The summed E-state index contributed by atoms with van der Waals surface area (Å²) in [5.41, 5.74) is 2.57. The van der Waals surface area contributed by atoms with Gasteiger partial charge in [0.15, 0.2) is 0 Å². The van der Waals surface area contributed by atoms with Crippen LogP contribution in [0.15, 0.2) is 48.7 Å². The molecule has 0 amide bonds. The zero-order valence-corrected chi connectivity index (χ0v) is 15.1. The summed E-state index contributed by atoms with van der Waals surface area (Å²) in [4.78, 5) is 4.56. The first-order chi connectivity index (χ1) is 12.1. The summed E-state index contributed by atoms with van der Waals surface area (Å²) in [7, 11) is 0. The van der Waals surface area contributed by atoms with E-state index in [2.05, 4.69) is 37.9 Å². The minimum Gasteiger partial charge on any atom is -0.507 e. The Morgan fingerprint density at radius 2 is 1.84 bits per heavy atom. The van der Waals surface area contributed by atoms with Gasteiger partial charge in [0.2, 0.25) is 0 Å². The smallest absolute Gasteiger partial charge is 0.127 e. The first-order valence-electron chi connectivity index (χ1n) is 8.95. The van der Waals surface area contributed by atoms with Crippen LogP contribution in [0.4, 0.5) is 0 Å². The molecule has 130 valence electrons. The molecule has 0 bridgehead atoms. The Morgan fingerprint density at radius 3 is 2.56 bits per heavy atom. The SMILES string of the molecule is CCCCOc1cc(-c2cc3ccccc3cn2)cc(O)c1C(C)C. The van der Waals surface area contributed by atoms with E-state index in [1.54, 1.807) is 6.07 Å². The van der Waals surface area contributed by atoms with Crippen LogP contribution >= 0.6 is 0 Å². The van der Waals surface area contributed by atoms with Gasteiger partial charge >= 0.3 is 0 Å². The van der Waals surface area contributed by atoms with Crippen molar-refractivity contribution in [1.29, 1.82) is 0 Å². The quantitative estimate of drug-likeness (QED) is 0.569. The van der Waals surface area contributed by atoms with Crippen LogP contribution < -0.4 is 4.74 Å². The molecule has 0 atom stereocenters. The third-order valence-corrected chi connectivity index (χ3v) is 4.38. The molecule has 3 heteroatoms. The number of nitrogens with zero attached hydrogens (tertiary/aromatic N) is 1. The second kappa shape index (κ2) is 7.56. The average Bonchev–Trinajstić information content (AvgIpc) is 2.60. The first kappa shape index (κ1) is 17.3. The minimum absolute atomic E-state index is 0.190. The molecule has 0 spiro atoms. The van der Waals surface area contributed by atoms with Gasteiger partial charge in [-0.05, 0) is 35.9 Å². The number of hydrogen-bond acceptors (Lipinski definition) is 3. The van der Waals surface area contributed by atoms with Crippen LogP contribution in [-0.4, -0.2) is 16.7 Å². The van der Waals surface area contributed by atoms with Crippen LogP contribution in [0, 0.1) is 0 Å². The lowest BCUT2D eigenvalue weighted by molar-refractivity contribution is 0.302. The van der Waals surface area contributed by atoms with E-state index < -0.39 is 0 Å². The number of unbranched alkanes of at least 4 members (excludes halogenated alkanes) is 1. The van der Waals surface area contributed by atoms with Gasteiger partial charge in [0.05, 0.1) is 12.3 Å². The lowest BCUT2D eigenvalue weighted by Gasteiger charge is -2.17. The van der Waals surface area contributed by atoms with Crippen LogP contribution in [0.25, 0.3) is 22.0 Å². The van der Waals surface area contributed by atoms with E-state index >= 15 is 0 Å². The molecule has 1 heterocycles. The fourth-order valence-electron chi connectivity index (χ4n) is 3.03. The molecule has 2 aromatic carbocycles. The Labute approximate surface area is 149 Å². The largest absolute Gasteiger partial charge is 0.507 e. The minimum atomic E-state index is 0.190. The summed E-state index contributed by atoms with van der Waals surface area (Å²) in [5, 5.41) is 12.8. The number of fused-ring (bicyclic) bond motifs is 1. The molecule has 0 aliphatic carbocycles. The van der Waals surface area contributed by atoms with Crippen molar-refractivity contribution in [3.8, 4) is 22.8 Å². The number of phenols is 1. The third-order valence-electron chi connectivity index (χ3n) is 4.38. The van der Waals surface area contributed by atoms with Gasteiger partial charge in [-0.3, -0.25) is 4.98 Å². The first-order valence-corrected chi connectivity index (χ1v) is 8.95. The van der Waals surface area contributed by atoms with Crippen molar-refractivity contribution in [2.45, 2.75) is 39.5 Å². The molecule has 3 rings (SSSR count). The Morgan fingerprint density at radius 1 is 1.08 bits per heavy atom. The maximum Gasteiger partial charge on any atom is 0.127 e. The third kappa shape index (κ3) is 3.76. The maximum atomic E-state index is 10.6. The van der Waals surface area contributed by atoms with E-state index in [0.29, 0.717) is 6.61 Å². The van der Waals surface area contributed by atoms with E-state index in [-0.39, 0.29) is 11.7 Å². The van der Waals surface area contributed by atoms with Crippen molar-refractivity contribution in [3.05, 3.63) is 54.2 Å². The number of pyridine rings is 1. The van der Waals surface area contributed by atoms with Crippen LogP contribution in [0.3, 0.4) is 0 Å². The van der Waals surface area contributed by atoms with E-state index in [1.165, 1.54) is 0 Å². The van der Waals surface area contributed by atoms with E-state index in [0.717, 1.165) is 46.2 Å². The number of aromatic hydroxyl groups is 1. The number of rotatable bonds is 6. The van der Waals surface area contributed by atoms with E-state index in [9.17, 15) is 5.11 Å². The summed E-state index contributed by atoms with van der Waals surface area (Å²) in [6.45, 7) is 6.93. The Hall–Kier alpha value is -2.55. The van der Waals surface area contributed by atoms with Crippen LogP contribution in [0.5, 0.6) is 11.5 Å². The number of ether oxygens (including phenoxy) is 1. The average molecular weight is 335 g/mol. The lowest BCUT2D eigenvalue weighted by atomic mass is 9.97. The summed E-state index contributed by atoms with van der Waals surface area (Å²) in [6, 6.07) is 14.0. The maximum absolute atomic E-state index is 10.6. The Bertz CT molecular complexity index is 871. The van der Waals surface area contributed by atoms with Gasteiger partial charge in [-0.25, -0.2) is 0 Å². The number of hydrogen-bond donors (Lipinski definition) is 1. The highest BCUT2D eigenvalue weighted by Gasteiger charge is 2.16. The number of aromatic nitrogens is 1. The molecule has 0 radical (unpaired) electrons. The monoisotopic (exact) mass is 335 g/mol. The molecule has 3 aromatic rings. The van der Waals surface area contributed by atoms with Crippen molar-refractivity contribution in [3.63, 3.8) is 0 Å². The topological polar surface area (TPSA) is 42.4 Å². The van der Waals surface area contributed by atoms with Gasteiger partial charge in [0.1, 0.15) is 11.5 Å². The highest BCUT2D eigenvalue weighted by Crippen LogP contribution is 2.39. The number of phenolic OH excluding ortho intramolecular Hbond substituents is 1. The van der Waals surface area contributed by atoms with Gasteiger partial charge in [0, 0.05) is 22.7 Å². The number of benzene rings is 2. The van der Waals surface area contributed by atoms with Crippen LogP contribution in [-0.2, 0) is 0 Å². The molecule has 1 aromatic heterocycles. The van der Waals surface area contributed by atoms with Crippen LogP contribution in [0.1, 0.15) is 45.1 Å². The predicted octanol–water partition coefficient (Wildman–Crippen LogP) is 5.91. The van der Waals surface area contributed by atoms with E-state index in [4.69, 9.17) is 4.74 Å². The summed E-state index contributed by atoms with van der Waals surface area (Å²) < 4.78 is 5.98. The fraction of sp³-hybridized carbons (Fsp3) is 0.318. The van der Waals surface area contributed by atoms with E-state index in [1.807, 2.05) is 30.5 Å². The summed E-state index contributed by atoms with van der Waals surface area (Å²) in [6.07, 6.45) is 3.95. The summed E-state index contributed by atoms with van der Waals surface area (Å²) >= 11 is 0. The van der Waals surface area contributed by atoms with Gasteiger partial charge in [-0.1, -0.05) is 51.5 Å². The molecule has 0 aliphatic heterocycles. The lowest BCUT2D eigenvalue weighted by Crippen LogP contribution is -2.02. The molecule has 0 saturated carbocycles. The Kier molecular flexibility index (Phi) is 5.22. The van der Waals surface area contributed by atoms with Gasteiger partial charge in [0.25, 0.3) is 0 Å². The molecule has 0 fully saturated rings. The molecule has 3 nitrogen and oxygen atoms in total. The molecule has 1 N–H and O–H groups in total. The second-order valence-corrected chi connectivity index (χ2v) is 6.68. The molecule has 0 unspecified atom stereocenters. The van der Waals surface area contributed by atoms with Crippen LogP contribution in [0.2, 0.25) is 0 Å². The van der Waals surface area contributed by atoms with Gasteiger partial charge in [-0.2, -0.15) is 0 Å². The highest BCUT2D eigenvalue weighted by molar-refractivity contribution is 5.85. The van der Waals surface area contributed by atoms with Crippen molar-refractivity contribution < 1.29 is 9.84 Å². The molecular formula is C22H25NO2.